The number of carbonyl (C=O) groups excluding carboxylic acids is 1. The average Bonchev–Trinajstić information content (AvgIpc) is 2.52. The molecule has 1 N–H and O–H groups in total. The lowest BCUT2D eigenvalue weighted by molar-refractivity contribution is -0.122. The molecular weight excluding hydrogens is 337 g/mol. The van der Waals surface area contributed by atoms with Gasteiger partial charge in [0.2, 0.25) is 0 Å². The fourth-order valence-corrected chi connectivity index (χ4v) is 2.77. The van der Waals surface area contributed by atoms with Crippen LogP contribution in [0.25, 0.3) is 0 Å². The van der Waals surface area contributed by atoms with Crippen molar-refractivity contribution in [3.05, 3.63) is 58.9 Å². The molecule has 0 unspecified atom stereocenters. The second kappa shape index (κ2) is 8.79. The first-order valence-electron chi connectivity index (χ1n) is 7.08. The Kier molecular flexibility index (Phi) is 6.74. The van der Waals surface area contributed by atoms with Gasteiger partial charge in [-0.15, -0.1) is 11.8 Å². The number of amides is 1. The topological polar surface area (TPSA) is 38.3 Å². The standard InChI is InChI=1S/C17H17ClFNO2S/c1-12-2-5-14(6-3-12)23-9-8-20-17(21)11-22-16-7-4-13(19)10-15(16)18/h2-7,10H,8-9,11H2,1H3,(H,20,21). The fourth-order valence-electron chi connectivity index (χ4n) is 1.78. The van der Waals surface area contributed by atoms with Gasteiger partial charge in [0.25, 0.3) is 5.91 Å². The molecular formula is C17H17ClFNO2S. The van der Waals surface area contributed by atoms with Crippen LogP contribution in [0.15, 0.2) is 47.4 Å². The third kappa shape index (κ3) is 6.12. The Balaban J connectivity index is 1.66. The Hall–Kier alpha value is -1.72. The molecule has 2 aromatic rings. The maximum absolute atomic E-state index is 12.9. The summed E-state index contributed by atoms with van der Waals surface area (Å²) in [6, 6.07) is 12.0. The lowest BCUT2D eigenvalue weighted by Crippen LogP contribution is -2.30. The highest BCUT2D eigenvalue weighted by Gasteiger charge is 2.06. The van der Waals surface area contributed by atoms with Gasteiger partial charge in [-0.25, -0.2) is 4.39 Å². The maximum Gasteiger partial charge on any atom is 0.257 e. The number of ether oxygens (including phenoxy) is 1. The molecule has 122 valence electrons. The van der Waals surface area contributed by atoms with Gasteiger partial charge in [-0.2, -0.15) is 0 Å². The number of benzene rings is 2. The highest BCUT2D eigenvalue weighted by molar-refractivity contribution is 7.99. The van der Waals surface area contributed by atoms with E-state index >= 15 is 0 Å². The highest BCUT2D eigenvalue weighted by Crippen LogP contribution is 2.24. The van der Waals surface area contributed by atoms with Crippen molar-refractivity contribution in [1.29, 1.82) is 0 Å². The number of thioether (sulfide) groups is 1. The van der Waals surface area contributed by atoms with Crippen LogP contribution in [0, 0.1) is 12.7 Å². The molecule has 1 amide bonds. The van der Waals surface area contributed by atoms with E-state index < -0.39 is 5.82 Å². The number of hydrogen-bond donors (Lipinski definition) is 1. The second-order valence-corrected chi connectivity index (χ2v) is 6.45. The molecule has 0 radical (unpaired) electrons. The highest BCUT2D eigenvalue weighted by atomic mass is 35.5. The summed E-state index contributed by atoms with van der Waals surface area (Å²) < 4.78 is 18.2. The van der Waals surface area contributed by atoms with Gasteiger partial charge in [0.15, 0.2) is 6.61 Å². The molecule has 6 heteroatoms. The summed E-state index contributed by atoms with van der Waals surface area (Å²) in [5.74, 6) is 0.374. The van der Waals surface area contributed by atoms with E-state index in [2.05, 4.69) is 29.6 Å². The van der Waals surface area contributed by atoms with E-state index in [1.807, 2.05) is 6.92 Å². The Morgan fingerprint density at radius 1 is 1.26 bits per heavy atom. The van der Waals surface area contributed by atoms with Crippen LogP contribution in [0.3, 0.4) is 0 Å². The smallest absolute Gasteiger partial charge is 0.257 e. The van der Waals surface area contributed by atoms with Crippen LogP contribution in [0.5, 0.6) is 5.75 Å². The van der Waals surface area contributed by atoms with E-state index in [0.29, 0.717) is 6.54 Å². The molecule has 0 fully saturated rings. The molecule has 3 nitrogen and oxygen atoms in total. The van der Waals surface area contributed by atoms with Crippen molar-refractivity contribution in [3.63, 3.8) is 0 Å². The zero-order valence-corrected chi connectivity index (χ0v) is 14.2. The molecule has 23 heavy (non-hydrogen) atoms. The van der Waals surface area contributed by atoms with Gasteiger partial charge < -0.3 is 10.1 Å². The zero-order valence-electron chi connectivity index (χ0n) is 12.6. The second-order valence-electron chi connectivity index (χ2n) is 4.87. The Morgan fingerprint density at radius 2 is 2.00 bits per heavy atom. The van der Waals surface area contributed by atoms with Gasteiger partial charge >= 0.3 is 0 Å². The summed E-state index contributed by atoms with van der Waals surface area (Å²) in [5, 5.41) is 2.91. The Labute approximate surface area is 144 Å². The molecule has 0 aliphatic rings. The minimum absolute atomic E-state index is 0.146. The number of carbonyl (C=O) groups is 1. The summed E-state index contributed by atoms with van der Waals surface area (Å²) >= 11 is 7.49. The Morgan fingerprint density at radius 3 is 2.70 bits per heavy atom. The van der Waals surface area contributed by atoms with Crippen LogP contribution in [-0.4, -0.2) is 24.8 Å². The van der Waals surface area contributed by atoms with Crippen molar-refractivity contribution in [2.75, 3.05) is 18.9 Å². The average molecular weight is 354 g/mol. The minimum atomic E-state index is -0.445. The van der Waals surface area contributed by atoms with Crippen molar-refractivity contribution in [2.45, 2.75) is 11.8 Å². The first-order chi connectivity index (χ1) is 11.0. The van der Waals surface area contributed by atoms with Gasteiger partial charge in [0.1, 0.15) is 11.6 Å². The quantitative estimate of drug-likeness (QED) is 0.602. The van der Waals surface area contributed by atoms with E-state index in [9.17, 15) is 9.18 Å². The largest absolute Gasteiger partial charge is 0.482 e. The van der Waals surface area contributed by atoms with Crippen LogP contribution < -0.4 is 10.1 Å². The first kappa shape index (κ1) is 17.6. The van der Waals surface area contributed by atoms with Gasteiger partial charge in [-0.1, -0.05) is 29.3 Å². The molecule has 0 saturated carbocycles. The molecule has 0 aliphatic carbocycles. The predicted octanol–water partition coefficient (Wildman–Crippen LogP) is 4.07. The molecule has 0 bridgehead atoms. The SMILES string of the molecule is Cc1ccc(SCCNC(=O)COc2ccc(F)cc2Cl)cc1. The van der Waals surface area contributed by atoms with Crippen molar-refractivity contribution in [2.24, 2.45) is 0 Å². The van der Waals surface area contributed by atoms with Gasteiger partial charge in [0, 0.05) is 17.2 Å². The lowest BCUT2D eigenvalue weighted by atomic mass is 10.2. The first-order valence-corrected chi connectivity index (χ1v) is 8.45. The fraction of sp³-hybridized carbons (Fsp3) is 0.235. The van der Waals surface area contributed by atoms with Gasteiger partial charge in [-0.3, -0.25) is 4.79 Å². The summed E-state index contributed by atoms with van der Waals surface area (Å²) in [5.41, 5.74) is 1.22. The molecule has 0 atom stereocenters. The molecule has 0 spiro atoms. The molecule has 0 saturated heterocycles. The lowest BCUT2D eigenvalue weighted by Gasteiger charge is -2.09. The summed E-state index contributed by atoms with van der Waals surface area (Å²) in [6.45, 7) is 2.43. The van der Waals surface area contributed by atoms with E-state index in [4.69, 9.17) is 16.3 Å². The van der Waals surface area contributed by atoms with Crippen molar-refractivity contribution >= 4 is 29.3 Å². The Bertz CT molecular complexity index is 664. The molecule has 2 rings (SSSR count). The molecule has 0 aliphatic heterocycles. The maximum atomic E-state index is 12.9. The number of hydrogen-bond acceptors (Lipinski definition) is 3. The summed E-state index contributed by atoms with van der Waals surface area (Å²) in [7, 11) is 0. The van der Waals surface area contributed by atoms with Crippen LogP contribution in [0.4, 0.5) is 4.39 Å². The molecule has 2 aromatic carbocycles. The molecule has 0 heterocycles. The van der Waals surface area contributed by atoms with Crippen LogP contribution in [0.2, 0.25) is 5.02 Å². The molecule has 0 aromatic heterocycles. The van der Waals surface area contributed by atoms with Crippen molar-refractivity contribution in [3.8, 4) is 5.75 Å². The van der Waals surface area contributed by atoms with Crippen LogP contribution in [-0.2, 0) is 4.79 Å². The predicted molar refractivity (Wildman–Crippen MR) is 91.8 cm³/mol. The number of halogens is 2. The third-order valence-electron chi connectivity index (χ3n) is 2.97. The van der Waals surface area contributed by atoms with Gasteiger partial charge in [0.05, 0.1) is 5.02 Å². The summed E-state index contributed by atoms with van der Waals surface area (Å²) in [6.07, 6.45) is 0. The van der Waals surface area contributed by atoms with Crippen LogP contribution in [0.1, 0.15) is 5.56 Å². The third-order valence-corrected chi connectivity index (χ3v) is 4.28. The van der Waals surface area contributed by atoms with E-state index in [0.717, 1.165) is 11.8 Å². The van der Waals surface area contributed by atoms with E-state index in [1.54, 1.807) is 11.8 Å². The van der Waals surface area contributed by atoms with Crippen molar-refractivity contribution < 1.29 is 13.9 Å². The van der Waals surface area contributed by atoms with Crippen molar-refractivity contribution in [1.82, 2.24) is 5.32 Å². The minimum Gasteiger partial charge on any atom is -0.482 e. The number of nitrogens with one attached hydrogen (secondary N) is 1. The monoisotopic (exact) mass is 353 g/mol. The normalized spacial score (nSPS) is 10.4. The van der Waals surface area contributed by atoms with E-state index in [1.165, 1.54) is 22.6 Å². The number of aryl methyl sites for hydroxylation is 1. The van der Waals surface area contributed by atoms with Gasteiger partial charge in [-0.05, 0) is 37.3 Å². The summed E-state index contributed by atoms with van der Waals surface area (Å²) in [4.78, 5) is 12.9. The zero-order chi connectivity index (χ0) is 16.7. The number of rotatable bonds is 7. The van der Waals surface area contributed by atoms with E-state index in [-0.39, 0.29) is 23.3 Å². The van der Waals surface area contributed by atoms with Crippen LogP contribution >= 0.6 is 23.4 Å².